The van der Waals surface area contributed by atoms with Gasteiger partial charge in [-0.1, -0.05) is 0 Å². The van der Waals surface area contributed by atoms with Crippen LogP contribution in [0.4, 0.5) is 0 Å². The Balaban J connectivity index is 2.22. The topological polar surface area (TPSA) is 80.7 Å². The number of furan rings is 2. The molecule has 0 saturated carbocycles. The third kappa shape index (κ3) is 2.36. The Labute approximate surface area is 104 Å². The molecule has 0 aromatic carbocycles. The van der Waals surface area contributed by atoms with E-state index >= 15 is 0 Å². The van der Waals surface area contributed by atoms with Crippen LogP contribution in [0.25, 0.3) is 0 Å². The summed E-state index contributed by atoms with van der Waals surface area (Å²) in [6.45, 7) is 0.163. The molecule has 2 aromatic heterocycles. The first kappa shape index (κ1) is 12.6. The van der Waals surface area contributed by atoms with Gasteiger partial charge >= 0.3 is 0 Å². The molecule has 0 amide bonds. The molecule has 0 aliphatic heterocycles. The normalized spacial score (nSPS) is 11.9. The number of aldehydes is 1. The van der Waals surface area contributed by atoms with Crippen LogP contribution >= 0.6 is 0 Å². The Bertz CT molecular complexity index is 626. The minimum atomic E-state index is -3.74. The van der Waals surface area contributed by atoms with Crippen LogP contribution in [0.1, 0.15) is 16.1 Å². The molecule has 2 rings (SSSR count). The summed E-state index contributed by atoms with van der Waals surface area (Å²) in [5.41, 5.74) is 0.725. The fourth-order valence-electron chi connectivity index (χ4n) is 1.41. The largest absolute Gasteiger partial charge is 0.472 e. The molecule has 0 fully saturated rings. The predicted octanol–water partition coefficient (Wildman–Crippen LogP) is 1.51. The van der Waals surface area contributed by atoms with Gasteiger partial charge < -0.3 is 8.83 Å². The van der Waals surface area contributed by atoms with Gasteiger partial charge in [0.1, 0.15) is 0 Å². The molecule has 2 heterocycles. The average molecular weight is 269 g/mol. The van der Waals surface area contributed by atoms with E-state index in [-0.39, 0.29) is 17.4 Å². The summed E-state index contributed by atoms with van der Waals surface area (Å²) in [6, 6.07) is 4.24. The Morgan fingerprint density at radius 1 is 1.33 bits per heavy atom. The van der Waals surface area contributed by atoms with Crippen LogP contribution in [0.2, 0.25) is 0 Å². The predicted molar refractivity (Wildman–Crippen MR) is 61.5 cm³/mol. The zero-order chi connectivity index (χ0) is 13.2. The number of carbonyl (C=O) groups excluding carboxylic acids is 1. The number of nitrogens with zero attached hydrogens (tertiary/aromatic N) is 1. The van der Waals surface area contributed by atoms with Crippen molar-refractivity contribution in [2.45, 2.75) is 11.6 Å². The molecule has 0 saturated heterocycles. The first-order valence-electron chi connectivity index (χ1n) is 5.06. The second kappa shape index (κ2) is 4.79. The molecule has 96 valence electrons. The summed E-state index contributed by atoms with van der Waals surface area (Å²) in [7, 11) is -2.32. The van der Waals surface area contributed by atoms with Crippen molar-refractivity contribution in [2.24, 2.45) is 0 Å². The molecule has 2 aromatic rings. The van der Waals surface area contributed by atoms with Crippen LogP contribution in [0.3, 0.4) is 0 Å². The molecule has 0 N–H and O–H groups in total. The Morgan fingerprint density at radius 2 is 2.11 bits per heavy atom. The lowest BCUT2D eigenvalue weighted by Crippen LogP contribution is -2.25. The highest BCUT2D eigenvalue weighted by Crippen LogP contribution is 2.18. The molecule has 0 aliphatic carbocycles. The summed E-state index contributed by atoms with van der Waals surface area (Å²) < 4.78 is 35.0. The van der Waals surface area contributed by atoms with Gasteiger partial charge in [0.15, 0.2) is 12.0 Å². The van der Waals surface area contributed by atoms with Crippen molar-refractivity contribution in [2.75, 3.05) is 7.05 Å². The van der Waals surface area contributed by atoms with E-state index in [4.69, 9.17) is 8.83 Å². The lowest BCUT2D eigenvalue weighted by atomic mass is 10.3. The number of carbonyl (C=O) groups is 1. The maximum atomic E-state index is 12.1. The Hall–Kier alpha value is -1.86. The van der Waals surface area contributed by atoms with Crippen molar-refractivity contribution in [1.82, 2.24) is 4.31 Å². The minimum Gasteiger partial charge on any atom is -0.472 e. The highest BCUT2D eigenvalue weighted by Gasteiger charge is 2.24. The van der Waals surface area contributed by atoms with Crippen molar-refractivity contribution in [3.05, 3.63) is 42.0 Å². The Morgan fingerprint density at radius 3 is 2.67 bits per heavy atom. The molecule has 0 spiro atoms. The van der Waals surface area contributed by atoms with Crippen molar-refractivity contribution in [3.63, 3.8) is 0 Å². The molecular weight excluding hydrogens is 258 g/mol. The third-order valence-electron chi connectivity index (χ3n) is 2.37. The summed E-state index contributed by atoms with van der Waals surface area (Å²) in [5, 5.41) is -0.254. The van der Waals surface area contributed by atoms with Gasteiger partial charge in [-0.2, -0.15) is 4.31 Å². The highest BCUT2D eigenvalue weighted by atomic mass is 32.2. The van der Waals surface area contributed by atoms with Crippen molar-refractivity contribution in [3.8, 4) is 0 Å². The van der Waals surface area contributed by atoms with E-state index in [2.05, 4.69) is 0 Å². The van der Waals surface area contributed by atoms with Crippen LogP contribution in [0.15, 0.2) is 44.7 Å². The maximum absolute atomic E-state index is 12.1. The zero-order valence-electron chi connectivity index (χ0n) is 9.57. The van der Waals surface area contributed by atoms with E-state index in [9.17, 15) is 13.2 Å². The first-order valence-corrected chi connectivity index (χ1v) is 6.50. The molecular formula is C11H11NO5S. The number of sulfonamides is 1. The molecule has 0 radical (unpaired) electrons. The van der Waals surface area contributed by atoms with Gasteiger partial charge in [0.25, 0.3) is 10.0 Å². The second-order valence-electron chi connectivity index (χ2n) is 3.67. The monoisotopic (exact) mass is 269 g/mol. The van der Waals surface area contributed by atoms with Gasteiger partial charge in [0, 0.05) is 19.2 Å². The quantitative estimate of drug-likeness (QED) is 0.768. The van der Waals surface area contributed by atoms with Gasteiger partial charge in [0.05, 0.1) is 12.5 Å². The third-order valence-corrected chi connectivity index (χ3v) is 4.05. The summed E-state index contributed by atoms with van der Waals surface area (Å²) >= 11 is 0. The number of rotatable bonds is 5. The molecule has 0 atom stereocenters. The van der Waals surface area contributed by atoms with E-state index in [1.54, 1.807) is 6.07 Å². The maximum Gasteiger partial charge on any atom is 0.276 e. The van der Waals surface area contributed by atoms with Crippen LogP contribution in [0, 0.1) is 0 Å². The van der Waals surface area contributed by atoms with Crippen molar-refractivity contribution >= 4 is 16.3 Å². The van der Waals surface area contributed by atoms with Crippen molar-refractivity contribution in [1.29, 1.82) is 0 Å². The summed E-state index contributed by atoms with van der Waals surface area (Å²) in [4.78, 5) is 10.5. The van der Waals surface area contributed by atoms with Gasteiger partial charge in [-0.25, -0.2) is 8.42 Å². The first-order chi connectivity index (χ1) is 8.54. The minimum absolute atomic E-state index is 0.0229. The van der Waals surface area contributed by atoms with E-state index in [0.29, 0.717) is 6.29 Å². The van der Waals surface area contributed by atoms with Gasteiger partial charge in [-0.3, -0.25) is 4.79 Å². The molecule has 6 nitrogen and oxygen atoms in total. The van der Waals surface area contributed by atoms with Crippen molar-refractivity contribution < 1.29 is 22.0 Å². The molecule has 18 heavy (non-hydrogen) atoms. The van der Waals surface area contributed by atoms with Gasteiger partial charge in [-0.05, 0) is 18.2 Å². The fourth-order valence-corrected chi connectivity index (χ4v) is 2.48. The zero-order valence-corrected chi connectivity index (χ0v) is 10.4. The smallest absolute Gasteiger partial charge is 0.276 e. The summed E-state index contributed by atoms with van der Waals surface area (Å²) in [5.74, 6) is -0.0229. The highest BCUT2D eigenvalue weighted by molar-refractivity contribution is 7.88. The molecule has 0 bridgehead atoms. The SMILES string of the molecule is CN(Cc1ccoc1)S(=O)(=O)c1ccc(C=O)o1. The van der Waals surface area contributed by atoms with E-state index in [1.165, 1.54) is 31.7 Å². The summed E-state index contributed by atoms with van der Waals surface area (Å²) in [6.07, 6.45) is 3.38. The van der Waals surface area contributed by atoms with Gasteiger partial charge in [0.2, 0.25) is 5.09 Å². The molecule has 0 aliphatic rings. The molecule has 7 heteroatoms. The van der Waals surface area contributed by atoms with E-state index in [1.807, 2.05) is 0 Å². The number of hydrogen-bond donors (Lipinski definition) is 0. The standard InChI is InChI=1S/C11H11NO5S/c1-12(6-9-4-5-16-8-9)18(14,15)11-3-2-10(7-13)17-11/h2-5,7-8H,6H2,1H3. The fraction of sp³-hybridized carbons (Fsp3) is 0.182. The van der Waals surface area contributed by atoms with E-state index < -0.39 is 10.0 Å². The second-order valence-corrected chi connectivity index (χ2v) is 5.64. The average Bonchev–Trinajstić information content (AvgIpc) is 2.99. The van der Waals surface area contributed by atoms with Gasteiger partial charge in [-0.15, -0.1) is 0 Å². The van der Waals surface area contributed by atoms with Crippen LogP contribution in [-0.4, -0.2) is 26.1 Å². The number of hydrogen-bond acceptors (Lipinski definition) is 5. The lowest BCUT2D eigenvalue weighted by Gasteiger charge is -2.13. The van der Waals surface area contributed by atoms with Crippen LogP contribution in [-0.2, 0) is 16.6 Å². The Kier molecular flexibility index (Phi) is 3.35. The molecule has 0 unspecified atom stereocenters. The van der Waals surface area contributed by atoms with Crippen LogP contribution in [0.5, 0.6) is 0 Å². The van der Waals surface area contributed by atoms with E-state index in [0.717, 1.165) is 9.87 Å². The van der Waals surface area contributed by atoms with Crippen LogP contribution < -0.4 is 0 Å². The lowest BCUT2D eigenvalue weighted by molar-refractivity contribution is 0.109.